The van der Waals surface area contributed by atoms with Crippen molar-refractivity contribution in [3.8, 4) is 17.2 Å². The van der Waals surface area contributed by atoms with E-state index in [0.717, 1.165) is 30.0 Å². The minimum Gasteiger partial charge on any atom is -0.492 e. The summed E-state index contributed by atoms with van der Waals surface area (Å²) < 4.78 is 22.0. The second kappa shape index (κ2) is 4.33. The third-order valence-electron chi connectivity index (χ3n) is 3.55. The zero-order valence-corrected chi connectivity index (χ0v) is 10.9. The second-order valence-electron chi connectivity index (χ2n) is 4.54. The van der Waals surface area contributed by atoms with Crippen LogP contribution in [0.25, 0.3) is 0 Å². The summed E-state index contributed by atoms with van der Waals surface area (Å²) in [6.07, 6.45) is 0.858. The molecule has 98 valence electrons. The lowest BCUT2D eigenvalue weighted by atomic mass is 9.96. The topological polar surface area (TPSA) is 40.2 Å². The SMILES string of the molecule is COc1c2c(cc3c1C(OC)N(C)CC3)OCO2. The van der Waals surface area contributed by atoms with Gasteiger partial charge in [0.15, 0.2) is 11.5 Å². The fraction of sp³-hybridized carbons (Fsp3) is 0.538. The first kappa shape index (κ1) is 11.6. The molecule has 0 fully saturated rings. The Bertz CT molecular complexity index is 475. The standard InChI is InChI=1S/C13H17NO4/c1-14-5-4-8-6-9-11(18-7-17-9)12(15-2)10(8)13(14)16-3/h6,13H,4-5,7H2,1-3H3. The van der Waals surface area contributed by atoms with Crippen LogP contribution in [0, 0.1) is 0 Å². The van der Waals surface area contributed by atoms with Gasteiger partial charge in [-0.05, 0) is 25.1 Å². The van der Waals surface area contributed by atoms with E-state index in [0.29, 0.717) is 5.75 Å². The molecule has 1 aromatic carbocycles. The van der Waals surface area contributed by atoms with Crippen molar-refractivity contribution < 1.29 is 18.9 Å². The molecule has 2 aliphatic rings. The second-order valence-corrected chi connectivity index (χ2v) is 4.54. The summed E-state index contributed by atoms with van der Waals surface area (Å²) in [6, 6.07) is 2.04. The van der Waals surface area contributed by atoms with Crippen molar-refractivity contribution in [2.45, 2.75) is 12.6 Å². The quantitative estimate of drug-likeness (QED) is 0.797. The Hall–Kier alpha value is -1.46. The highest BCUT2D eigenvalue weighted by Crippen LogP contribution is 2.49. The number of rotatable bonds is 2. The van der Waals surface area contributed by atoms with Crippen molar-refractivity contribution >= 4 is 0 Å². The molecule has 1 aromatic rings. The summed E-state index contributed by atoms with van der Waals surface area (Å²) in [6.45, 7) is 1.20. The minimum absolute atomic E-state index is 0.0989. The summed E-state index contributed by atoms with van der Waals surface area (Å²) in [7, 11) is 5.40. The lowest BCUT2D eigenvalue weighted by molar-refractivity contribution is -0.0282. The van der Waals surface area contributed by atoms with Crippen LogP contribution in [0.5, 0.6) is 17.2 Å². The molecule has 1 atom stereocenters. The summed E-state index contributed by atoms with van der Waals surface area (Å²) in [5, 5.41) is 0. The number of benzene rings is 1. The van der Waals surface area contributed by atoms with Gasteiger partial charge in [0.05, 0.1) is 7.11 Å². The number of fused-ring (bicyclic) bond motifs is 2. The molecule has 5 heteroatoms. The van der Waals surface area contributed by atoms with Crippen LogP contribution >= 0.6 is 0 Å². The molecule has 0 N–H and O–H groups in total. The molecule has 0 saturated heterocycles. The highest BCUT2D eigenvalue weighted by atomic mass is 16.7. The van der Waals surface area contributed by atoms with Crippen LogP contribution in [0.15, 0.2) is 6.07 Å². The van der Waals surface area contributed by atoms with E-state index < -0.39 is 0 Å². The molecule has 5 nitrogen and oxygen atoms in total. The summed E-state index contributed by atoms with van der Waals surface area (Å²) in [5.41, 5.74) is 2.26. The number of ether oxygens (including phenoxy) is 4. The average Bonchev–Trinajstić information content (AvgIpc) is 2.84. The van der Waals surface area contributed by atoms with Crippen LogP contribution in [0.2, 0.25) is 0 Å². The molecule has 0 aliphatic carbocycles. The van der Waals surface area contributed by atoms with Crippen LogP contribution < -0.4 is 14.2 Å². The first-order valence-corrected chi connectivity index (χ1v) is 5.98. The van der Waals surface area contributed by atoms with Gasteiger partial charge in [0.1, 0.15) is 6.23 Å². The Kier molecular flexibility index (Phi) is 2.80. The largest absolute Gasteiger partial charge is 0.492 e. The third-order valence-corrected chi connectivity index (χ3v) is 3.55. The molecule has 0 radical (unpaired) electrons. The predicted molar refractivity (Wildman–Crippen MR) is 65.2 cm³/mol. The molecule has 0 amide bonds. The Balaban J connectivity index is 2.19. The number of hydrogen-bond donors (Lipinski definition) is 0. The van der Waals surface area contributed by atoms with Crippen molar-refractivity contribution in [3.63, 3.8) is 0 Å². The summed E-state index contributed by atoms with van der Waals surface area (Å²) in [5.74, 6) is 2.19. The van der Waals surface area contributed by atoms with Gasteiger partial charge in [-0.2, -0.15) is 0 Å². The molecule has 3 rings (SSSR count). The van der Waals surface area contributed by atoms with Crippen LogP contribution in [-0.4, -0.2) is 39.5 Å². The van der Waals surface area contributed by atoms with Gasteiger partial charge in [-0.15, -0.1) is 0 Å². The maximum Gasteiger partial charge on any atom is 0.231 e. The van der Waals surface area contributed by atoms with Crippen LogP contribution in [-0.2, 0) is 11.2 Å². The van der Waals surface area contributed by atoms with Crippen molar-refractivity contribution in [2.75, 3.05) is 34.6 Å². The van der Waals surface area contributed by atoms with E-state index in [1.54, 1.807) is 14.2 Å². The van der Waals surface area contributed by atoms with Crippen molar-refractivity contribution in [2.24, 2.45) is 0 Å². The van der Waals surface area contributed by atoms with E-state index in [-0.39, 0.29) is 13.0 Å². The van der Waals surface area contributed by atoms with E-state index in [2.05, 4.69) is 4.90 Å². The van der Waals surface area contributed by atoms with Crippen molar-refractivity contribution in [1.29, 1.82) is 0 Å². The first-order valence-electron chi connectivity index (χ1n) is 5.98. The van der Waals surface area contributed by atoms with Gasteiger partial charge in [-0.25, -0.2) is 0 Å². The smallest absolute Gasteiger partial charge is 0.231 e. The fourth-order valence-electron chi connectivity index (χ4n) is 2.69. The van der Waals surface area contributed by atoms with E-state index in [4.69, 9.17) is 18.9 Å². The highest BCUT2D eigenvalue weighted by Gasteiger charge is 2.33. The van der Waals surface area contributed by atoms with Gasteiger partial charge < -0.3 is 18.9 Å². The number of likely N-dealkylation sites (N-methyl/N-ethyl adjacent to an activating group) is 1. The lowest BCUT2D eigenvalue weighted by Crippen LogP contribution is -2.33. The van der Waals surface area contributed by atoms with Crippen molar-refractivity contribution in [3.05, 3.63) is 17.2 Å². The zero-order valence-electron chi connectivity index (χ0n) is 10.9. The normalized spacial score (nSPS) is 21.8. The lowest BCUT2D eigenvalue weighted by Gasteiger charge is -2.34. The molecule has 1 unspecified atom stereocenters. The molecular formula is C13H17NO4. The van der Waals surface area contributed by atoms with Gasteiger partial charge in [0, 0.05) is 19.2 Å². The zero-order chi connectivity index (χ0) is 12.7. The van der Waals surface area contributed by atoms with Gasteiger partial charge in [0.2, 0.25) is 12.5 Å². The molecule has 0 aromatic heterocycles. The Morgan fingerprint density at radius 1 is 1.33 bits per heavy atom. The molecule has 18 heavy (non-hydrogen) atoms. The Morgan fingerprint density at radius 2 is 2.17 bits per heavy atom. The van der Waals surface area contributed by atoms with Gasteiger partial charge in [-0.3, -0.25) is 4.90 Å². The van der Waals surface area contributed by atoms with Crippen LogP contribution in [0.1, 0.15) is 17.4 Å². The van der Waals surface area contributed by atoms with Crippen LogP contribution in [0.4, 0.5) is 0 Å². The number of hydrogen-bond acceptors (Lipinski definition) is 5. The third kappa shape index (κ3) is 1.54. The van der Waals surface area contributed by atoms with E-state index >= 15 is 0 Å². The van der Waals surface area contributed by atoms with Gasteiger partial charge >= 0.3 is 0 Å². The molecule has 2 aliphatic heterocycles. The average molecular weight is 251 g/mol. The van der Waals surface area contributed by atoms with Gasteiger partial charge in [-0.1, -0.05) is 0 Å². The maximum atomic E-state index is 5.58. The van der Waals surface area contributed by atoms with Crippen LogP contribution in [0.3, 0.4) is 0 Å². The molecule has 0 saturated carbocycles. The molecular weight excluding hydrogens is 234 g/mol. The Labute approximate surface area is 106 Å². The van der Waals surface area contributed by atoms with E-state index in [9.17, 15) is 0 Å². The molecule has 2 heterocycles. The molecule has 0 bridgehead atoms. The minimum atomic E-state index is -0.0989. The van der Waals surface area contributed by atoms with E-state index in [1.165, 1.54) is 5.56 Å². The number of nitrogens with zero attached hydrogens (tertiary/aromatic N) is 1. The monoisotopic (exact) mass is 251 g/mol. The maximum absolute atomic E-state index is 5.58. The first-order chi connectivity index (χ1) is 8.76. The fourth-order valence-corrected chi connectivity index (χ4v) is 2.69. The van der Waals surface area contributed by atoms with Crippen molar-refractivity contribution in [1.82, 2.24) is 4.90 Å². The Morgan fingerprint density at radius 3 is 2.89 bits per heavy atom. The number of methoxy groups -OCH3 is 2. The summed E-state index contributed by atoms with van der Waals surface area (Å²) >= 11 is 0. The predicted octanol–water partition coefficient (Wildman–Crippen LogP) is 1.56. The van der Waals surface area contributed by atoms with Gasteiger partial charge in [0.25, 0.3) is 0 Å². The van der Waals surface area contributed by atoms with E-state index in [1.807, 2.05) is 13.1 Å². The highest BCUT2D eigenvalue weighted by molar-refractivity contribution is 5.61. The summed E-state index contributed by atoms with van der Waals surface area (Å²) in [4.78, 5) is 2.16. The molecule has 0 spiro atoms.